The third-order valence-corrected chi connectivity index (χ3v) is 3.16. The van der Waals surface area contributed by atoms with E-state index in [-0.39, 0.29) is 11.6 Å². The van der Waals surface area contributed by atoms with Crippen LogP contribution < -0.4 is 21.9 Å². The number of benzene rings is 1. The van der Waals surface area contributed by atoms with Crippen LogP contribution in [0.15, 0.2) is 61.2 Å². The molecule has 24 heavy (non-hydrogen) atoms. The van der Waals surface area contributed by atoms with E-state index in [0.29, 0.717) is 17.2 Å². The molecule has 2 aromatic heterocycles. The second kappa shape index (κ2) is 7.05. The Morgan fingerprint density at radius 1 is 0.958 bits per heavy atom. The van der Waals surface area contributed by atoms with Gasteiger partial charge in [0.1, 0.15) is 12.0 Å². The summed E-state index contributed by atoms with van der Waals surface area (Å²) in [5, 5.41) is 3.09. The van der Waals surface area contributed by atoms with E-state index in [1.54, 1.807) is 12.1 Å². The minimum atomic E-state index is -0.326. The highest BCUT2D eigenvalue weighted by Crippen LogP contribution is 2.24. The Hall–Kier alpha value is -3.68. The van der Waals surface area contributed by atoms with Gasteiger partial charge in [0.15, 0.2) is 11.6 Å². The number of nitrogens with one attached hydrogen (secondary N) is 3. The Morgan fingerprint density at radius 3 is 2.42 bits per heavy atom. The molecule has 0 fully saturated rings. The topological polar surface area (TPSA) is 118 Å². The van der Waals surface area contributed by atoms with Crippen LogP contribution in [0.1, 0.15) is 10.4 Å². The zero-order valence-corrected chi connectivity index (χ0v) is 12.6. The summed E-state index contributed by atoms with van der Waals surface area (Å²) in [5.74, 6) is 0.413. The molecule has 8 nitrogen and oxygen atoms in total. The highest BCUT2D eigenvalue weighted by molar-refractivity contribution is 5.95. The molecule has 2 heterocycles. The number of hydrazine groups is 1. The van der Waals surface area contributed by atoms with Crippen molar-refractivity contribution in [3.63, 3.8) is 0 Å². The number of nitrogens with zero attached hydrogens (tertiary/aromatic N) is 3. The minimum Gasteiger partial charge on any atom is -0.393 e. The molecule has 0 aliphatic rings. The maximum atomic E-state index is 12.0. The summed E-state index contributed by atoms with van der Waals surface area (Å²) < 4.78 is 0. The van der Waals surface area contributed by atoms with Crippen molar-refractivity contribution in [3.8, 4) is 0 Å². The van der Waals surface area contributed by atoms with Crippen molar-refractivity contribution in [1.82, 2.24) is 20.4 Å². The van der Waals surface area contributed by atoms with Crippen molar-refractivity contribution in [1.29, 1.82) is 0 Å². The number of carbonyl (C=O) groups is 1. The number of pyridine rings is 1. The lowest BCUT2D eigenvalue weighted by Gasteiger charge is -2.13. The number of anilines is 4. The van der Waals surface area contributed by atoms with Crippen molar-refractivity contribution < 1.29 is 4.79 Å². The highest BCUT2D eigenvalue weighted by Gasteiger charge is 2.10. The third kappa shape index (κ3) is 3.55. The van der Waals surface area contributed by atoms with Crippen LogP contribution in [-0.4, -0.2) is 20.9 Å². The summed E-state index contributed by atoms with van der Waals surface area (Å²) in [6.07, 6.45) is 4.42. The van der Waals surface area contributed by atoms with Crippen molar-refractivity contribution >= 4 is 28.9 Å². The van der Waals surface area contributed by atoms with Gasteiger partial charge in [-0.2, -0.15) is 0 Å². The first kappa shape index (κ1) is 15.2. The normalized spacial score (nSPS) is 10.0. The Labute approximate surface area is 138 Å². The van der Waals surface area contributed by atoms with E-state index in [1.165, 1.54) is 18.7 Å². The van der Waals surface area contributed by atoms with Crippen LogP contribution in [-0.2, 0) is 0 Å². The first-order chi connectivity index (χ1) is 11.7. The molecule has 0 spiro atoms. The van der Waals surface area contributed by atoms with Gasteiger partial charge in [-0.15, -0.1) is 0 Å². The van der Waals surface area contributed by atoms with Crippen LogP contribution in [0.2, 0.25) is 0 Å². The van der Waals surface area contributed by atoms with Crippen molar-refractivity contribution in [2.45, 2.75) is 0 Å². The Bertz CT molecular complexity index is 824. The van der Waals surface area contributed by atoms with Crippen LogP contribution in [0.5, 0.6) is 0 Å². The van der Waals surface area contributed by atoms with E-state index >= 15 is 0 Å². The van der Waals surface area contributed by atoms with Gasteiger partial charge in [0.2, 0.25) is 0 Å². The summed E-state index contributed by atoms with van der Waals surface area (Å²) in [7, 11) is 0. The van der Waals surface area contributed by atoms with Gasteiger partial charge in [0, 0.05) is 23.6 Å². The fourth-order valence-corrected chi connectivity index (χ4v) is 1.94. The predicted octanol–water partition coefficient (Wildman–Crippen LogP) is 1.95. The molecule has 3 aromatic rings. The molecule has 1 amide bonds. The summed E-state index contributed by atoms with van der Waals surface area (Å²) in [5.41, 5.74) is 12.9. The Morgan fingerprint density at radius 2 is 1.67 bits per heavy atom. The number of para-hydroxylation sites is 1. The molecule has 5 N–H and O–H groups in total. The monoisotopic (exact) mass is 321 g/mol. The number of nitrogen functional groups attached to an aromatic ring is 1. The summed E-state index contributed by atoms with van der Waals surface area (Å²) in [6.45, 7) is 0. The van der Waals surface area contributed by atoms with Gasteiger partial charge in [-0.3, -0.25) is 20.6 Å². The number of hydrogen-bond donors (Lipinski definition) is 4. The first-order valence-electron chi connectivity index (χ1n) is 7.13. The summed E-state index contributed by atoms with van der Waals surface area (Å²) in [6, 6.07) is 12.7. The molecule has 0 bridgehead atoms. The largest absolute Gasteiger partial charge is 0.393 e. The number of nitrogens with two attached hydrogens (primary N) is 1. The van der Waals surface area contributed by atoms with Gasteiger partial charge in [-0.1, -0.05) is 18.2 Å². The van der Waals surface area contributed by atoms with Crippen molar-refractivity contribution in [3.05, 3.63) is 66.7 Å². The van der Waals surface area contributed by atoms with E-state index in [1.807, 2.05) is 30.3 Å². The molecular formula is C16H15N7O. The molecule has 0 aliphatic heterocycles. The van der Waals surface area contributed by atoms with Gasteiger partial charge in [-0.25, -0.2) is 9.97 Å². The van der Waals surface area contributed by atoms with E-state index in [9.17, 15) is 4.79 Å². The zero-order valence-electron chi connectivity index (χ0n) is 12.6. The van der Waals surface area contributed by atoms with E-state index in [4.69, 9.17) is 5.73 Å². The fraction of sp³-hybridized carbons (Fsp3) is 0. The molecule has 0 atom stereocenters. The van der Waals surface area contributed by atoms with Crippen LogP contribution in [0.3, 0.4) is 0 Å². The lowest BCUT2D eigenvalue weighted by molar-refractivity contribution is 0.0962. The maximum Gasteiger partial charge on any atom is 0.269 e. The number of aromatic nitrogens is 3. The first-order valence-corrected chi connectivity index (χ1v) is 7.13. The lowest BCUT2D eigenvalue weighted by atomic mass is 10.3. The van der Waals surface area contributed by atoms with Gasteiger partial charge in [0.25, 0.3) is 5.91 Å². The fourth-order valence-electron chi connectivity index (χ4n) is 1.94. The lowest BCUT2D eigenvalue weighted by Crippen LogP contribution is -2.30. The minimum absolute atomic E-state index is 0.288. The van der Waals surface area contributed by atoms with Crippen LogP contribution in [0.4, 0.5) is 23.0 Å². The number of rotatable bonds is 5. The van der Waals surface area contributed by atoms with E-state index < -0.39 is 0 Å². The molecule has 0 saturated heterocycles. The molecular weight excluding hydrogens is 306 g/mol. The Kier molecular flexibility index (Phi) is 4.47. The molecule has 0 unspecified atom stereocenters. The molecule has 0 saturated carbocycles. The predicted molar refractivity (Wildman–Crippen MR) is 91.5 cm³/mol. The molecule has 0 aliphatic carbocycles. The van der Waals surface area contributed by atoms with Crippen molar-refractivity contribution in [2.24, 2.45) is 0 Å². The molecule has 120 valence electrons. The molecule has 0 radical (unpaired) electrons. The number of hydrogen-bond acceptors (Lipinski definition) is 7. The molecule has 3 rings (SSSR count). The van der Waals surface area contributed by atoms with Crippen LogP contribution in [0.25, 0.3) is 0 Å². The van der Waals surface area contributed by atoms with Crippen molar-refractivity contribution in [2.75, 3.05) is 16.5 Å². The Balaban J connectivity index is 1.70. The second-order valence-corrected chi connectivity index (χ2v) is 4.79. The van der Waals surface area contributed by atoms with Gasteiger partial charge in [-0.05, 0) is 24.3 Å². The van der Waals surface area contributed by atoms with E-state index in [0.717, 1.165) is 5.69 Å². The third-order valence-electron chi connectivity index (χ3n) is 3.16. The molecule has 1 aromatic carbocycles. The zero-order chi connectivity index (χ0) is 16.8. The van der Waals surface area contributed by atoms with Crippen LogP contribution in [0, 0.1) is 0 Å². The average Bonchev–Trinajstić information content (AvgIpc) is 2.64. The SMILES string of the molecule is Nc1c(NNC(=O)c2ccncc2)ncnc1Nc1ccccc1. The number of carbonyl (C=O) groups excluding carboxylic acids is 1. The van der Waals surface area contributed by atoms with Gasteiger partial charge in [0.05, 0.1) is 0 Å². The smallest absolute Gasteiger partial charge is 0.269 e. The van der Waals surface area contributed by atoms with Gasteiger partial charge < -0.3 is 11.1 Å². The quantitative estimate of drug-likeness (QED) is 0.530. The van der Waals surface area contributed by atoms with Crippen LogP contribution >= 0.6 is 0 Å². The van der Waals surface area contributed by atoms with Gasteiger partial charge >= 0.3 is 0 Å². The number of amides is 1. The molecule has 8 heteroatoms. The average molecular weight is 321 g/mol. The summed E-state index contributed by atoms with van der Waals surface area (Å²) >= 11 is 0. The maximum absolute atomic E-state index is 12.0. The second-order valence-electron chi connectivity index (χ2n) is 4.79. The standard InChI is InChI=1S/C16H15N7O/c17-13-14(21-12-4-2-1-3-5-12)19-10-20-15(13)22-23-16(24)11-6-8-18-9-7-11/h1-10H,17H2,(H,23,24)(H2,19,20,21,22). The van der Waals surface area contributed by atoms with E-state index in [2.05, 4.69) is 31.1 Å². The highest BCUT2D eigenvalue weighted by atomic mass is 16.2. The summed E-state index contributed by atoms with van der Waals surface area (Å²) in [4.78, 5) is 24.0.